The fourth-order valence-corrected chi connectivity index (χ4v) is 2.80. The molecule has 0 amide bonds. The van der Waals surface area contributed by atoms with Crippen molar-refractivity contribution in [2.75, 3.05) is 6.61 Å². The zero-order valence-corrected chi connectivity index (χ0v) is 12.8. The fourth-order valence-electron chi connectivity index (χ4n) is 1.97. The Morgan fingerprint density at radius 2 is 2.20 bits per heavy atom. The van der Waals surface area contributed by atoms with Gasteiger partial charge in [0.05, 0.1) is 12.3 Å². The maximum absolute atomic E-state index is 5.70. The molecule has 0 unspecified atom stereocenters. The van der Waals surface area contributed by atoms with E-state index in [9.17, 15) is 0 Å². The number of aromatic nitrogens is 1. The van der Waals surface area contributed by atoms with Crippen molar-refractivity contribution in [3.8, 4) is 10.6 Å². The molecule has 0 aliphatic carbocycles. The van der Waals surface area contributed by atoms with Gasteiger partial charge in [0, 0.05) is 24.1 Å². The number of thiazole rings is 1. The Balaban J connectivity index is 1.93. The van der Waals surface area contributed by atoms with Gasteiger partial charge in [-0.2, -0.15) is 0 Å². The van der Waals surface area contributed by atoms with Crippen LogP contribution in [0.3, 0.4) is 0 Å². The molecule has 2 rings (SSSR count). The van der Waals surface area contributed by atoms with Crippen LogP contribution in [0.4, 0.5) is 0 Å². The topological polar surface area (TPSA) is 48.1 Å². The molecule has 0 bridgehead atoms. The van der Waals surface area contributed by atoms with Gasteiger partial charge < -0.3 is 10.5 Å². The molecule has 0 aliphatic heterocycles. The lowest BCUT2D eigenvalue weighted by atomic mass is 10.1. The van der Waals surface area contributed by atoms with Crippen LogP contribution in [0.1, 0.15) is 37.4 Å². The van der Waals surface area contributed by atoms with Gasteiger partial charge >= 0.3 is 0 Å². The van der Waals surface area contributed by atoms with Crippen LogP contribution in [0, 0.1) is 0 Å². The molecule has 1 aromatic heterocycles. The first-order valence-electron chi connectivity index (χ1n) is 7.15. The number of rotatable bonds is 8. The third kappa shape index (κ3) is 4.40. The molecule has 0 saturated carbocycles. The number of ether oxygens (including phenoxy) is 1. The summed E-state index contributed by atoms with van der Waals surface area (Å²) in [5.41, 5.74) is 8.89. The molecule has 0 atom stereocenters. The number of hydrogen-bond donors (Lipinski definition) is 1. The molecular weight excluding hydrogens is 268 g/mol. The number of unbranched alkanes of at least 4 members (excludes halogenated alkanes) is 2. The standard InChI is InChI=1S/C16H22N2OS/c1-2-3-4-8-19-11-13-6-5-7-14(9-13)16-18-15(10-17)12-20-16/h5-7,9,12H,2-4,8,10-11,17H2,1H3. The van der Waals surface area contributed by atoms with Crippen molar-refractivity contribution in [2.24, 2.45) is 5.73 Å². The average Bonchev–Trinajstić information content (AvgIpc) is 2.96. The van der Waals surface area contributed by atoms with E-state index in [0.29, 0.717) is 13.2 Å². The lowest BCUT2D eigenvalue weighted by Gasteiger charge is -2.05. The highest BCUT2D eigenvalue weighted by atomic mass is 32.1. The summed E-state index contributed by atoms with van der Waals surface area (Å²) in [7, 11) is 0. The van der Waals surface area contributed by atoms with Crippen molar-refractivity contribution >= 4 is 11.3 Å². The van der Waals surface area contributed by atoms with Crippen LogP contribution in [-0.2, 0) is 17.9 Å². The molecule has 1 aromatic carbocycles. The summed E-state index contributed by atoms with van der Waals surface area (Å²) in [6.45, 7) is 4.21. The van der Waals surface area contributed by atoms with Crippen molar-refractivity contribution in [1.29, 1.82) is 0 Å². The maximum atomic E-state index is 5.70. The lowest BCUT2D eigenvalue weighted by Crippen LogP contribution is -1.96. The SMILES string of the molecule is CCCCCOCc1cccc(-c2nc(CN)cs2)c1. The predicted octanol–water partition coefficient (Wildman–Crippen LogP) is 3.98. The summed E-state index contributed by atoms with van der Waals surface area (Å²) >= 11 is 1.64. The summed E-state index contributed by atoms with van der Waals surface area (Å²) in [4.78, 5) is 4.51. The fraction of sp³-hybridized carbons (Fsp3) is 0.438. The third-order valence-corrected chi connectivity index (χ3v) is 4.04. The van der Waals surface area contributed by atoms with Gasteiger partial charge in [0.1, 0.15) is 5.01 Å². The highest BCUT2D eigenvalue weighted by Gasteiger charge is 2.04. The Bertz CT molecular complexity index is 525. The van der Waals surface area contributed by atoms with Crippen molar-refractivity contribution < 1.29 is 4.74 Å². The van der Waals surface area contributed by atoms with Gasteiger partial charge in [-0.15, -0.1) is 11.3 Å². The summed E-state index contributed by atoms with van der Waals surface area (Å²) in [5.74, 6) is 0. The molecular formula is C16H22N2OS. The Morgan fingerprint density at radius 1 is 1.30 bits per heavy atom. The normalized spacial score (nSPS) is 10.9. The van der Waals surface area contributed by atoms with E-state index in [0.717, 1.165) is 29.3 Å². The highest BCUT2D eigenvalue weighted by molar-refractivity contribution is 7.13. The van der Waals surface area contributed by atoms with E-state index in [1.807, 2.05) is 5.38 Å². The van der Waals surface area contributed by atoms with Crippen LogP contribution in [0.5, 0.6) is 0 Å². The van der Waals surface area contributed by atoms with E-state index in [1.54, 1.807) is 11.3 Å². The Hall–Kier alpha value is -1.23. The molecule has 0 spiro atoms. The smallest absolute Gasteiger partial charge is 0.123 e. The number of hydrogen-bond acceptors (Lipinski definition) is 4. The van der Waals surface area contributed by atoms with E-state index in [-0.39, 0.29) is 0 Å². The van der Waals surface area contributed by atoms with Gasteiger partial charge in [0.2, 0.25) is 0 Å². The second-order valence-electron chi connectivity index (χ2n) is 4.81. The van der Waals surface area contributed by atoms with Crippen LogP contribution < -0.4 is 5.73 Å². The van der Waals surface area contributed by atoms with E-state index in [4.69, 9.17) is 10.5 Å². The zero-order chi connectivity index (χ0) is 14.2. The molecule has 0 saturated heterocycles. The molecule has 2 aromatic rings. The first-order valence-corrected chi connectivity index (χ1v) is 8.03. The van der Waals surface area contributed by atoms with Gasteiger partial charge in [-0.25, -0.2) is 4.98 Å². The van der Waals surface area contributed by atoms with Gasteiger partial charge in [0.15, 0.2) is 0 Å². The summed E-state index contributed by atoms with van der Waals surface area (Å²) in [6.07, 6.45) is 3.61. The second kappa shape index (κ2) is 8.15. The first-order chi connectivity index (χ1) is 9.83. The second-order valence-corrected chi connectivity index (χ2v) is 5.67. The Labute approximate surface area is 124 Å². The van der Waals surface area contributed by atoms with Gasteiger partial charge in [-0.1, -0.05) is 38.0 Å². The van der Waals surface area contributed by atoms with Crippen LogP contribution >= 0.6 is 11.3 Å². The minimum atomic E-state index is 0.497. The van der Waals surface area contributed by atoms with Crippen LogP contribution in [0.2, 0.25) is 0 Å². The van der Waals surface area contributed by atoms with Gasteiger partial charge in [-0.3, -0.25) is 0 Å². The molecule has 0 aliphatic rings. The molecule has 0 fully saturated rings. The summed E-state index contributed by atoms with van der Waals surface area (Å²) in [6, 6.07) is 8.39. The van der Waals surface area contributed by atoms with E-state index < -0.39 is 0 Å². The largest absolute Gasteiger partial charge is 0.377 e. The van der Waals surface area contributed by atoms with E-state index in [1.165, 1.54) is 18.4 Å². The molecule has 3 nitrogen and oxygen atoms in total. The number of nitrogens with zero attached hydrogens (tertiary/aromatic N) is 1. The Morgan fingerprint density at radius 3 is 2.95 bits per heavy atom. The van der Waals surface area contributed by atoms with Gasteiger partial charge in [0.25, 0.3) is 0 Å². The molecule has 0 radical (unpaired) electrons. The van der Waals surface area contributed by atoms with Crippen LogP contribution in [0.15, 0.2) is 29.6 Å². The monoisotopic (exact) mass is 290 g/mol. The molecule has 108 valence electrons. The predicted molar refractivity (Wildman–Crippen MR) is 84.6 cm³/mol. The van der Waals surface area contributed by atoms with Gasteiger partial charge in [-0.05, 0) is 18.1 Å². The summed E-state index contributed by atoms with van der Waals surface area (Å²) < 4.78 is 5.70. The molecule has 1 heterocycles. The number of nitrogens with two attached hydrogens (primary N) is 1. The third-order valence-electron chi connectivity index (χ3n) is 3.10. The van der Waals surface area contributed by atoms with E-state index in [2.05, 4.69) is 36.2 Å². The molecule has 20 heavy (non-hydrogen) atoms. The molecule has 4 heteroatoms. The van der Waals surface area contributed by atoms with Crippen LogP contribution in [-0.4, -0.2) is 11.6 Å². The highest BCUT2D eigenvalue weighted by Crippen LogP contribution is 2.24. The van der Waals surface area contributed by atoms with Crippen molar-refractivity contribution in [2.45, 2.75) is 39.3 Å². The first kappa shape index (κ1) is 15.2. The minimum Gasteiger partial charge on any atom is -0.377 e. The van der Waals surface area contributed by atoms with Crippen molar-refractivity contribution in [1.82, 2.24) is 4.98 Å². The lowest BCUT2D eigenvalue weighted by molar-refractivity contribution is 0.117. The quantitative estimate of drug-likeness (QED) is 0.748. The minimum absolute atomic E-state index is 0.497. The number of benzene rings is 1. The zero-order valence-electron chi connectivity index (χ0n) is 12.0. The van der Waals surface area contributed by atoms with E-state index >= 15 is 0 Å². The van der Waals surface area contributed by atoms with Crippen LogP contribution in [0.25, 0.3) is 10.6 Å². The van der Waals surface area contributed by atoms with Crippen molar-refractivity contribution in [3.63, 3.8) is 0 Å². The Kier molecular flexibility index (Phi) is 6.18. The van der Waals surface area contributed by atoms with Crippen molar-refractivity contribution in [3.05, 3.63) is 40.9 Å². The summed E-state index contributed by atoms with van der Waals surface area (Å²) in [5, 5.41) is 3.04. The maximum Gasteiger partial charge on any atom is 0.123 e. The average molecular weight is 290 g/mol. The molecule has 2 N–H and O–H groups in total.